The summed E-state index contributed by atoms with van der Waals surface area (Å²) in [6, 6.07) is 16.4. The molecule has 0 unspecified atom stereocenters. The fraction of sp³-hybridized carbons (Fsp3) is 0.300. The van der Waals surface area contributed by atoms with Gasteiger partial charge in [-0.2, -0.15) is 0 Å². The zero-order valence-electron chi connectivity index (χ0n) is 12.7. The molecule has 2 aromatic rings. The molecule has 0 aromatic heterocycles. The highest BCUT2D eigenvalue weighted by Crippen LogP contribution is 2.49. The van der Waals surface area contributed by atoms with E-state index in [0.717, 1.165) is 6.42 Å². The van der Waals surface area contributed by atoms with Crippen LogP contribution in [0.4, 0.5) is 5.69 Å². The molecule has 0 fully saturated rings. The smallest absolute Gasteiger partial charge is 0.0553 e. The van der Waals surface area contributed by atoms with Crippen molar-refractivity contribution in [3.05, 3.63) is 74.9 Å². The Morgan fingerprint density at radius 3 is 2.73 bits per heavy atom. The predicted octanol–water partition coefficient (Wildman–Crippen LogP) is 5.68. The molecule has 0 bridgehead atoms. The molecular weight excluding hydrogens is 381 g/mol. The van der Waals surface area contributed by atoms with Crippen LogP contribution in [-0.4, -0.2) is 0 Å². The molecule has 4 rings (SSSR count). The summed E-state index contributed by atoms with van der Waals surface area (Å²) < 4.78 is 1.32. The van der Waals surface area contributed by atoms with Crippen molar-refractivity contribution in [2.24, 2.45) is 5.92 Å². The van der Waals surface area contributed by atoms with Crippen molar-refractivity contribution < 1.29 is 0 Å². The second-order valence-corrected chi connectivity index (χ2v) is 7.55. The number of halogens is 1. The molecule has 1 N–H and O–H groups in total. The van der Waals surface area contributed by atoms with Crippen LogP contribution in [0.25, 0.3) is 0 Å². The van der Waals surface area contributed by atoms with Gasteiger partial charge in [0, 0.05) is 15.2 Å². The van der Waals surface area contributed by atoms with Crippen LogP contribution in [0.3, 0.4) is 0 Å². The number of allylic oxidation sites excluding steroid dienone is 2. The van der Waals surface area contributed by atoms with E-state index in [1.807, 2.05) is 0 Å². The van der Waals surface area contributed by atoms with Crippen LogP contribution in [0.15, 0.2) is 54.6 Å². The van der Waals surface area contributed by atoms with E-state index in [1.165, 1.54) is 32.4 Å². The van der Waals surface area contributed by atoms with Crippen LogP contribution in [-0.2, 0) is 6.42 Å². The highest BCUT2D eigenvalue weighted by Gasteiger charge is 2.37. The largest absolute Gasteiger partial charge is 0.378 e. The van der Waals surface area contributed by atoms with Crippen LogP contribution < -0.4 is 5.32 Å². The number of nitrogens with one attached hydrogen (secondary N) is 1. The van der Waals surface area contributed by atoms with Gasteiger partial charge in [-0.25, -0.2) is 0 Å². The predicted molar refractivity (Wildman–Crippen MR) is 101 cm³/mol. The minimum Gasteiger partial charge on any atom is -0.378 e. The van der Waals surface area contributed by atoms with Crippen molar-refractivity contribution in [3.8, 4) is 0 Å². The van der Waals surface area contributed by atoms with Gasteiger partial charge in [0.05, 0.1) is 6.04 Å². The number of rotatable bonds is 2. The molecule has 22 heavy (non-hydrogen) atoms. The Kier molecular flexibility index (Phi) is 3.73. The lowest BCUT2D eigenvalue weighted by Gasteiger charge is -2.37. The van der Waals surface area contributed by atoms with Crippen molar-refractivity contribution in [1.82, 2.24) is 0 Å². The fourth-order valence-corrected chi connectivity index (χ4v) is 4.37. The highest BCUT2D eigenvalue weighted by molar-refractivity contribution is 14.1. The first kappa shape index (κ1) is 14.3. The maximum absolute atomic E-state index is 3.81. The number of anilines is 1. The lowest BCUT2D eigenvalue weighted by atomic mass is 9.77. The second kappa shape index (κ2) is 5.73. The van der Waals surface area contributed by atoms with E-state index in [0.29, 0.717) is 17.9 Å². The number of aryl methyl sites for hydroxylation is 1. The quantitative estimate of drug-likeness (QED) is 0.504. The van der Waals surface area contributed by atoms with Gasteiger partial charge in [-0.3, -0.25) is 0 Å². The van der Waals surface area contributed by atoms with Crippen LogP contribution in [0.1, 0.15) is 42.0 Å². The van der Waals surface area contributed by atoms with E-state index in [1.54, 1.807) is 0 Å². The number of hydrogen-bond acceptors (Lipinski definition) is 1. The number of benzene rings is 2. The first-order chi connectivity index (χ1) is 10.8. The highest BCUT2D eigenvalue weighted by atomic mass is 127. The normalized spacial score (nSPS) is 25.5. The molecule has 1 nitrogen and oxygen atoms in total. The third kappa shape index (κ3) is 2.37. The first-order valence-corrected chi connectivity index (χ1v) is 9.15. The zero-order valence-corrected chi connectivity index (χ0v) is 14.9. The summed E-state index contributed by atoms with van der Waals surface area (Å²) in [6.45, 7) is 2.21. The van der Waals surface area contributed by atoms with Crippen LogP contribution in [0, 0.1) is 9.49 Å². The first-order valence-electron chi connectivity index (χ1n) is 8.07. The molecule has 2 aliphatic rings. The van der Waals surface area contributed by atoms with Gasteiger partial charge in [0.15, 0.2) is 0 Å². The molecule has 3 atom stereocenters. The third-order valence-electron chi connectivity index (χ3n) is 5.07. The summed E-state index contributed by atoms with van der Waals surface area (Å²) in [4.78, 5) is 0. The summed E-state index contributed by atoms with van der Waals surface area (Å²) in [7, 11) is 0. The monoisotopic (exact) mass is 401 g/mol. The molecule has 0 amide bonds. The molecule has 0 saturated heterocycles. The Hall–Kier alpha value is -1.29. The average Bonchev–Trinajstić information content (AvgIpc) is 3.04. The van der Waals surface area contributed by atoms with Crippen molar-refractivity contribution in [2.45, 2.75) is 31.7 Å². The fourth-order valence-electron chi connectivity index (χ4n) is 3.86. The van der Waals surface area contributed by atoms with Gasteiger partial charge in [-0.15, -0.1) is 0 Å². The summed E-state index contributed by atoms with van der Waals surface area (Å²) in [5.74, 6) is 1.19. The van der Waals surface area contributed by atoms with Gasteiger partial charge >= 0.3 is 0 Å². The molecule has 1 aliphatic heterocycles. The van der Waals surface area contributed by atoms with E-state index in [-0.39, 0.29) is 0 Å². The number of hydrogen-bond donors (Lipinski definition) is 1. The summed E-state index contributed by atoms with van der Waals surface area (Å²) >= 11 is 2.41. The number of fused-ring (bicyclic) bond motifs is 3. The summed E-state index contributed by atoms with van der Waals surface area (Å²) in [6.07, 6.45) is 7.04. The van der Waals surface area contributed by atoms with Crippen molar-refractivity contribution in [2.75, 3.05) is 5.32 Å². The average molecular weight is 401 g/mol. The Bertz CT molecular complexity index is 717. The molecule has 0 radical (unpaired) electrons. The standard InChI is InChI=1S/C20H20IN/c1-2-13-6-8-14(9-7-13)20-17-5-3-4-16(17)18-12-15(21)10-11-19(18)22-20/h3-4,6-12,16-17,20,22H,2,5H2,1H3/t16-,17-,20-/m0/s1. The van der Waals surface area contributed by atoms with Crippen LogP contribution >= 0.6 is 22.6 Å². The van der Waals surface area contributed by atoms with E-state index in [4.69, 9.17) is 0 Å². The van der Waals surface area contributed by atoms with Crippen molar-refractivity contribution in [3.63, 3.8) is 0 Å². The van der Waals surface area contributed by atoms with Gasteiger partial charge in [-0.1, -0.05) is 43.3 Å². The molecule has 2 aromatic carbocycles. The van der Waals surface area contributed by atoms with Crippen molar-refractivity contribution in [1.29, 1.82) is 0 Å². The lowest BCUT2D eigenvalue weighted by molar-refractivity contribution is 0.425. The van der Waals surface area contributed by atoms with E-state index in [9.17, 15) is 0 Å². The summed E-state index contributed by atoms with van der Waals surface area (Å²) in [5.41, 5.74) is 5.60. The van der Waals surface area contributed by atoms with E-state index < -0.39 is 0 Å². The Morgan fingerprint density at radius 1 is 1.14 bits per heavy atom. The topological polar surface area (TPSA) is 12.0 Å². The van der Waals surface area contributed by atoms with Gasteiger partial charge < -0.3 is 5.32 Å². The molecule has 1 aliphatic carbocycles. The molecule has 0 spiro atoms. The SMILES string of the molecule is CCc1ccc([C@@H]2Nc3ccc(I)cc3[C@H]3C=CC[C@@H]32)cc1. The van der Waals surface area contributed by atoms with Gasteiger partial charge in [-0.05, 0) is 76.2 Å². The third-order valence-corrected chi connectivity index (χ3v) is 5.74. The molecule has 0 saturated carbocycles. The zero-order chi connectivity index (χ0) is 15.1. The molecule has 112 valence electrons. The maximum Gasteiger partial charge on any atom is 0.0553 e. The second-order valence-electron chi connectivity index (χ2n) is 6.30. The lowest BCUT2D eigenvalue weighted by Crippen LogP contribution is -2.29. The van der Waals surface area contributed by atoms with Gasteiger partial charge in [0.25, 0.3) is 0 Å². The van der Waals surface area contributed by atoms with Crippen LogP contribution in [0.5, 0.6) is 0 Å². The van der Waals surface area contributed by atoms with E-state index >= 15 is 0 Å². The van der Waals surface area contributed by atoms with Gasteiger partial charge in [0.1, 0.15) is 0 Å². The molecule has 2 heteroatoms. The Morgan fingerprint density at radius 2 is 1.95 bits per heavy atom. The van der Waals surface area contributed by atoms with Crippen LogP contribution in [0.2, 0.25) is 0 Å². The Balaban J connectivity index is 1.74. The summed E-state index contributed by atoms with van der Waals surface area (Å²) in [5, 5.41) is 3.81. The van der Waals surface area contributed by atoms with E-state index in [2.05, 4.69) is 89.4 Å². The maximum atomic E-state index is 3.81. The van der Waals surface area contributed by atoms with Gasteiger partial charge in [0.2, 0.25) is 0 Å². The molecule has 1 heterocycles. The van der Waals surface area contributed by atoms with Crippen molar-refractivity contribution >= 4 is 28.3 Å². The minimum atomic E-state index is 0.415. The molecular formula is C20H20IN. The minimum absolute atomic E-state index is 0.415. The Labute approximate surface area is 146 Å².